The van der Waals surface area contributed by atoms with Crippen LogP contribution >= 0.6 is 0 Å². The molecule has 0 atom stereocenters. The minimum absolute atomic E-state index is 0.399. The maximum absolute atomic E-state index is 10.6. The molecule has 6 nitrogen and oxygen atoms in total. The van der Waals surface area contributed by atoms with Crippen molar-refractivity contribution < 1.29 is 0 Å². The van der Waals surface area contributed by atoms with Gasteiger partial charge in [0.15, 0.2) is 5.69 Å². The Kier molecular flexibility index (Phi) is 8.01. The lowest BCUT2D eigenvalue weighted by Crippen LogP contribution is -2.14. The van der Waals surface area contributed by atoms with E-state index in [0.29, 0.717) is 11.3 Å². The first-order chi connectivity index (χ1) is 33.7. The van der Waals surface area contributed by atoms with Crippen LogP contribution in [0.15, 0.2) is 218 Å². The Balaban J connectivity index is 1.36. The smallest absolute Gasteiger partial charge is 0.189 e. The number of rotatable bonds is 5. The van der Waals surface area contributed by atoms with Gasteiger partial charge in [0, 0.05) is 54.2 Å². The van der Waals surface area contributed by atoms with Crippen molar-refractivity contribution in [3.8, 4) is 39.9 Å². The Morgan fingerprint density at radius 1 is 0.338 bits per heavy atom. The zero-order chi connectivity index (χ0) is 45.0. The molecule has 0 saturated heterocycles. The molecule has 10 aromatic carbocycles. The minimum Gasteiger partial charge on any atom is -0.307 e. The Labute approximate surface area is 390 Å². The summed E-state index contributed by atoms with van der Waals surface area (Å²) in [6, 6.07) is 79.9. The van der Waals surface area contributed by atoms with Crippen LogP contribution in [0, 0.1) is 17.9 Å². The van der Waals surface area contributed by atoms with E-state index >= 15 is 0 Å². The van der Waals surface area contributed by atoms with Gasteiger partial charge in [0.2, 0.25) is 0 Å². The van der Waals surface area contributed by atoms with E-state index < -0.39 is 0 Å². The molecule has 0 radical (unpaired) electrons. The fourth-order valence-electron chi connectivity index (χ4n) is 11.3. The molecule has 14 rings (SSSR count). The van der Waals surface area contributed by atoms with Crippen LogP contribution in [-0.4, -0.2) is 18.3 Å². The van der Waals surface area contributed by atoms with Gasteiger partial charge in [0.05, 0.1) is 79.5 Å². The van der Waals surface area contributed by atoms with Crippen LogP contribution in [0.25, 0.3) is 126 Å². The minimum atomic E-state index is 0.399. The zero-order valence-corrected chi connectivity index (χ0v) is 36.5. The quantitative estimate of drug-likeness (QED) is 0.159. The fourth-order valence-corrected chi connectivity index (χ4v) is 11.3. The van der Waals surface area contributed by atoms with Crippen molar-refractivity contribution in [2.24, 2.45) is 0 Å². The van der Waals surface area contributed by atoms with Gasteiger partial charge in [-0.1, -0.05) is 146 Å². The molecule has 0 unspecified atom stereocenters. The Bertz CT molecular complexity index is 4290. The number of fused-ring (bicyclic) bond motifs is 12. The summed E-state index contributed by atoms with van der Waals surface area (Å²) in [6.45, 7) is 8.34. The fraction of sp³-hybridized carbons (Fsp3) is 0. The first-order valence-corrected chi connectivity index (χ1v) is 22.8. The summed E-state index contributed by atoms with van der Waals surface area (Å²) in [5.74, 6) is 0. The van der Waals surface area contributed by atoms with E-state index in [2.05, 4.69) is 229 Å². The number of aromatic nitrogens is 4. The molecular formula is C62H36N6. The predicted octanol–water partition coefficient (Wildman–Crippen LogP) is 16.2. The maximum atomic E-state index is 10.6. The van der Waals surface area contributed by atoms with Crippen LogP contribution < -0.4 is 0 Å². The molecule has 314 valence electrons. The van der Waals surface area contributed by atoms with E-state index in [1.807, 2.05) is 12.1 Å². The summed E-state index contributed by atoms with van der Waals surface area (Å²) < 4.78 is 9.83. The van der Waals surface area contributed by atoms with Crippen molar-refractivity contribution in [2.75, 3.05) is 0 Å². The van der Waals surface area contributed by atoms with Crippen molar-refractivity contribution in [2.45, 2.75) is 0 Å². The van der Waals surface area contributed by atoms with Crippen LogP contribution in [0.4, 0.5) is 5.69 Å². The third-order valence-electron chi connectivity index (χ3n) is 13.9. The second kappa shape index (κ2) is 14.4. The predicted molar refractivity (Wildman–Crippen MR) is 280 cm³/mol. The first kappa shape index (κ1) is 37.7. The summed E-state index contributed by atoms with van der Waals surface area (Å²) in [4.78, 5) is 3.97. The Hall–Kier alpha value is -9.62. The Morgan fingerprint density at radius 3 is 0.985 bits per heavy atom. The van der Waals surface area contributed by atoms with Crippen molar-refractivity contribution in [1.29, 1.82) is 5.26 Å². The molecule has 6 heteroatoms. The third kappa shape index (κ3) is 5.20. The van der Waals surface area contributed by atoms with E-state index in [0.717, 1.165) is 121 Å². The van der Waals surface area contributed by atoms with Crippen molar-refractivity contribution >= 4 is 92.9 Å². The molecule has 68 heavy (non-hydrogen) atoms. The molecule has 0 N–H and O–H groups in total. The largest absolute Gasteiger partial charge is 0.307 e. The van der Waals surface area contributed by atoms with E-state index in [-0.39, 0.29) is 0 Å². The van der Waals surface area contributed by atoms with Gasteiger partial charge in [-0.15, -0.1) is 0 Å². The number of benzene rings is 10. The second-order valence-electron chi connectivity index (χ2n) is 17.5. The molecule has 0 aliphatic carbocycles. The van der Waals surface area contributed by atoms with Gasteiger partial charge in [-0.25, -0.2) is 4.85 Å². The van der Waals surface area contributed by atoms with Gasteiger partial charge < -0.3 is 18.3 Å². The lowest BCUT2D eigenvalue weighted by molar-refractivity contribution is 1.02. The molecule has 14 aromatic rings. The highest BCUT2D eigenvalue weighted by atomic mass is 15.1. The zero-order valence-electron chi connectivity index (χ0n) is 36.5. The van der Waals surface area contributed by atoms with Gasteiger partial charge >= 0.3 is 0 Å². The molecule has 0 aliphatic heterocycles. The second-order valence-corrected chi connectivity index (χ2v) is 17.5. The van der Waals surface area contributed by atoms with Crippen LogP contribution in [0.5, 0.6) is 0 Å². The SMILES string of the molecule is [C-]#[N+]c1cc(C#N)cc(-c2cc(-n3c4ccccc4c4ccccc43)c(-n3c4ccccc4c4ccccc43)c(-n3c4ccccc4c4ccccc43)c2-n2c3ccccc3c3ccccc32)c1. The number of para-hydroxylation sites is 8. The molecule has 0 fully saturated rings. The first-order valence-electron chi connectivity index (χ1n) is 22.8. The van der Waals surface area contributed by atoms with Crippen LogP contribution in [0.3, 0.4) is 0 Å². The summed E-state index contributed by atoms with van der Waals surface area (Å²) in [7, 11) is 0. The van der Waals surface area contributed by atoms with E-state index in [9.17, 15) is 5.26 Å². The van der Waals surface area contributed by atoms with Crippen molar-refractivity contribution in [3.63, 3.8) is 0 Å². The monoisotopic (exact) mass is 864 g/mol. The lowest BCUT2D eigenvalue weighted by Gasteiger charge is -2.28. The number of hydrogen-bond donors (Lipinski definition) is 0. The molecule has 0 bridgehead atoms. The summed E-state index contributed by atoms with van der Waals surface area (Å²) in [5, 5.41) is 19.7. The van der Waals surface area contributed by atoms with Crippen molar-refractivity contribution in [1.82, 2.24) is 18.3 Å². The van der Waals surface area contributed by atoms with E-state index in [1.54, 1.807) is 6.07 Å². The summed E-state index contributed by atoms with van der Waals surface area (Å²) in [5.41, 5.74) is 14.7. The molecule has 0 amide bonds. The van der Waals surface area contributed by atoms with E-state index in [4.69, 9.17) is 6.57 Å². The highest BCUT2D eigenvalue weighted by molar-refractivity contribution is 6.16. The topological polar surface area (TPSA) is 47.9 Å². The average molecular weight is 865 g/mol. The van der Waals surface area contributed by atoms with Crippen LogP contribution in [0.2, 0.25) is 0 Å². The molecule has 0 saturated carbocycles. The summed E-state index contributed by atoms with van der Waals surface area (Å²) in [6.07, 6.45) is 0. The molecule has 4 heterocycles. The number of nitrogens with zero attached hydrogens (tertiary/aromatic N) is 6. The Morgan fingerprint density at radius 2 is 0.647 bits per heavy atom. The summed E-state index contributed by atoms with van der Waals surface area (Å²) >= 11 is 0. The highest BCUT2D eigenvalue weighted by Gasteiger charge is 2.31. The lowest BCUT2D eigenvalue weighted by atomic mass is 9.96. The average Bonchev–Trinajstić information content (AvgIpc) is 4.13. The van der Waals surface area contributed by atoms with Gasteiger partial charge in [-0.2, -0.15) is 5.26 Å². The third-order valence-corrected chi connectivity index (χ3v) is 13.9. The van der Waals surface area contributed by atoms with Gasteiger partial charge in [0.25, 0.3) is 0 Å². The maximum Gasteiger partial charge on any atom is 0.189 e. The molecule has 0 aliphatic rings. The normalized spacial score (nSPS) is 11.8. The van der Waals surface area contributed by atoms with E-state index in [1.165, 1.54) is 0 Å². The molecule has 0 spiro atoms. The highest BCUT2D eigenvalue weighted by Crippen LogP contribution is 2.50. The standard InChI is InChI=1S/C62H36N6/c1-64-41-35-39(38-63)34-40(36-41)50-37-59(65-51-26-10-2-18-42(51)43-19-3-11-27-52(43)65)61(67-55-30-14-6-22-46(55)47-23-7-15-31-56(47)67)62(68-57-32-16-8-24-48(57)49-25-9-17-33-58(49)68)60(50)66-53-28-12-4-20-44(53)45-21-5-13-29-54(45)66/h2-37H. The van der Waals surface area contributed by atoms with Crippen molar-refractivity contribution in [3.05, 3.63) is 235 Å². The van der Waals surface area contributed by atoms with Gasteiger partial charge in [-0.05, 0) is 78.4 Å². The molecule has 4 aromatic heterocycles. The molecular weight excluding hydrogens is 829 g/mol. The number of hydrogen-bond acceptors (Lipinski definition) is 1. The van der Waals surface area contributed by atoms with Gasteiger partial charge in [-0.3, -0.25) is 0 Å². The van der Waals surface area contributed by atoms with Crippen LogP contribution in [0.1, 0.15) is 5.56 Å². The van der Waals surface area contributed by atoms with Gasteiger partial charge in [0.1, 0.15) is 0 Å². The number of nitriles is 1. The van der Waals surface area contributed by atoms with Crippen LogP contribution in [-0.2, 0) is 0 Å².